The minimum absolute atomic E-state index is 0.147. The average Bonchev–Trinajstić information content (AvgIpc) is 3.02. The highest BCUT2D eigenvalue weighted by molar-refractivity contribution is 5.96. The highest BCUT2D eigenvalue weighted by atomic mass is 16.5. The third kappa shape index (κ3) is 2.76. The molecular weight excluding hydrogens is 412 g/mol. The van der Waals surface area contributed by atoms with Gasteiger partial charge in [0.25, 0.3) is 0 Å². The molecule has 0 unspecified atom stereocenters. The predicted octanol–water partition coefficient (Wildman–Crippen LogP) is 7.05. The Hall–Kier alpha value is -2.88. The molecular formula is C29H32O4. The Bertz CT molecular complexity index is 1250. The van der Waals surface area contributed by atoms with Crippen LogP contribution in [0.5, 0.6) is 23.0 Å². The fourth-order valence-corrected chi connectivity index (χ4v) is 7.09. The highest BCUT2D eigenvalue weighted by Crippen LogP contribution is 2.74. The van der Waals surface area contributed by atoms with Crippen molar-refractivity contribution in [2.24, 2.45) is 23.2 Å². The summed E-state index contributed by atoms with van der Waals surface area (Å²) in [6, 6.07) is 9.07. The van der Waals surface area contributed by atoms with E-state index in [2.05, 4.69) is 46.8 Å². The molecule has 0 spiro atoms. The Morgan fingerprint density at radius 1 is 1.06 bits per heavy atom. The van der Waals surface area contributed by atoms with E-state index < -0.39 is 0 Å². The Morgan fingerprint density at radius 2 is 1.82 bits per heavy atom. The SMILES string of the molecule is CC(C)=CCc1cc2c(cc1O)Oc1cc(O)ccc1C1=C2[C@@H]2[C@H]3[C@H](CC[C@@]3(C)O1)C2(C)C. The van der Waals surface area contributed by atoms with Crippen LogP contribution < -0.4 is 4.74 Å². The molecule has 0 amide bonds. The van der Waals surface area contributed by atoms with Crippen molar-refractivity contribution < 1.29 is 19.7 Å². The number of benzene rings is 2. The fraction of sp³-hybridized carbons (Fsp3) is 0.448. The van der Waals surface area contributed by atoms with Crippen LogP contribution in [0.4, 0.5) is 0 Å². The van der Waals surface area contributed by atoms with Gasteiger partial charge in [-0.3, -0.25) is 0 Å². The van der Waals surface area contributed by atoms with Crippen LogP contribution in [0, 0.1) is 23.2 Å². The Morgan fingerprint density at radius 3 is 2.58 bits per heavy atom. The van der Waals surface area contributed by atoms with Gasteiger partial charge in [0.05, 0.1) is 5.56 Å². The number of ether oxygens (including phenoxy) is 2. The van der Waals surface area contributed by atoms with Gasteiger partial charge in [0.2, 0.25) is 0 Å². The number of rotatable bonds is 2. The quantitative estimate of drug-likeness (QED) is 0.487. The zero-order chi connectivity index (χ0) is 23.3. The predicted molar refractivity (Wildman–Crippen MR) is 129 cm³/mol. The third-order valence-electron chi connectivity index (χ3n) is 8.73. The van der Waals surface area contributed by atoms with E-state index in [0.717, 1.165) is 28.9 Å². The van der Waals surface area contributed by atoms with Crippen LogP contribution in [0.3, 0.4) is 0 Å². The molecule has 4 heteroatoms. The molecule has 33 heavy (non-hydrogen) atoms. The summed E-state index contributed by atoms with van der Waals surface area (Å²) in [7, 11) is 0. The molecule has 4 atom stereocenters. The van der Waals surface area contributed by atoms with E-state index in [4.69, 9.17) is 9.47 Å². The molecule has 2 aromatic carbocycles. The van der Waals surface area contributed by atoms with Crippen molar-refractivity contribution in [3.05, 3.63) is 58.7 Å². The molecule has 2 aromatic rings. The Kier molecular flexibility index (Phi) is 4.13. The molecule has 2 aliphatic carbocycles. The second-order valence-corrected chi connectivity index (χ2v) is 11.4. The van der Waals surface area contributed by atoms with E-state index in [9.17, 15) is 10.2 Å². The molecule has 0 bridgehead atoms. The topological polar surface area (TPSA) is 58.9 Å². The van der Waals surface area contributed by atoms with Crippen molar-refractivity contribution in [1.82, 2.24) is 0 Å². The van der Waals surface area contributed by atoms with Crippen LogP contribution >= 0.6 is 0 Å². The molecule has 0 saturated heterocycles. The lowest BCUT2D eigenvalue weighted by molar-refractivity contribution is -0.135. The molecule has 2 heterocycles. The van der Waals surface area contributed by atoms with E-state index in [1.54, 1.807) is 18.2 Å². The molecule has 0 radical (unpaired) electrons. The maximum Gasteiger partial charge on any atom is 0.142 e. The lowest BCUT2D eigenvalue weighted by Crippen LogP contribution is -2.60. The number of aromatic hydroxyl groups is 2. The van der Waals surface area contributed by atoms with Crippen LogP contribution in [0.25, 0.3) is 11.3 Å². The van der Waals surface area contributed by atoms with Gasteiger partial charge in [-0.15, -0.1) is 0 Å². The molecule has 172 valence electrons. The van der Waals surface area contributed by atoms with Crippen molar-refractivity contribution in [3.8, 4) is 23.0 Å². The van der Waals surface area contributed by atoms with E-state index in [1.165, 1.54) is 17.6 Å². The van der Waals surface area contributed by atoms with Crippen molar-refractivity contribution in [2.45, 2.75) is 59.5 Å². The van der Waals surface area contributed by atoms with Crippen LogP contribution in [-0.2, 0) is 11.2 Å². The van der Waals surface area contributed by atoms with Crippen molar-refractivity contribution >= 4 is 11.3 Å². The van der Waals surface area contributed by atoms with Crippen LogP contribution in [0.2, 0.25) is 0 Å². The van der Waals surface area contributed by atoms with Gasteiger partial charge in [-0.25, -0.2) is 0 Å². The monoisotopic (exact) mass is 444 g/mol. The Labute approximate surface area is 195 Å². The number of hydrogen-bond acceptors (Lipinski definition) is 4. The van der Waals surface area contributed by atoms with Gasteiger partial charge in [-0.1, -0.05) is 25.5 Å². The maximum atomic E-state index is 10.8. The van der Waals surface area contributed by atoms with Crippen molar-refractivity contribution in [3.63, 3.8) is 0 Å². The summed E-state index contributed by atoms with van der Waals surface area (Å²) in [5.41, 5.74) is 5.13. The van der Waals surface area contributed by atoms with E-state index in [-0.39, 0.29) is 22.5 Å². The van der Waals surface area contributed by atoms with E-state index >= 15 is 0 Å². The van der Waals surface area contributed by atoms with Gasteiger partial charge in [-0.2, -0.15) is 0 Å². The summed E-state index contributed by atoms with van der Waals surface area (Å²) in [4.78, 5) is 0. The first kappa shape index (κ1) is 20.7. The summed E-state index contributed by atoms with van der Waals surface area (Å²) in [5.74, 6) is 3.91. The number of fused-ring (bicyclic) bond motifs is 5. The molecule has 4 nitrogen and oxygen atoms in total. The van der Waals surface area contributed by atoms with E-state index in [0.29, 0.717) is 35.7 Å². The average molecular weight is 445 g/mol. The number of hydrogen-bond donors (Lipinski definition) is 2. The Balaban J connectivity index is 1.63. The first-order chi connectivity index (χ1) is 15.6. The molecule has 0 aromatic heterocycles. The molecule has 2 N–H and O–H groups in total. The standard InChI is InChI=1S/C29H32O4/c1-15(2)6-7-16-12-19-23(14-21(16)31)32-22-13-17(30)8-9-18(22)27-24(19)26-25-20(28(26,3)4)10-11-29(25,5)33-27/h6,8-9,12-14,20,25-26,30-31H,7,10-11H2,1-5H3/t20-,25+,26+,29+/m0/s1. The zero-order valence-electron chi connectivity index (χ0n) is 20.0. The second kappa shape index (κ2) is 6.59. The van der Waals surface area contributed by atoms with Crippen LogP contribution in [0.15, 0.2) is 42.0 Å². The van der Waals surface area contributed by atoms with Gasteiger partial charge in [-0.05, 0) is 75.1 Å². The first-order valence-corrected chi connectivity index (χ1v) is 12.0. The summed E-state index contributed by atoms with van der Waals surface area (Å²) >= 11 is 0. The summed E-state index contributed by atoms with van der Waals surface area (Å²) in [5, 5.41) is 21.0. The summed E-state index contributed by atoms with van der Waals surface area (Å²) in [6.07, 6.45) is 5.05. The molecule has 2 aliphatic heterocycles. The lowest BCUT2D eigenvalue weighted by atomic mass is 9.44. The number of allylic oxidation sites excluding steroid dienone is 3. The second-order valence-electron chi connectivity index (χ2n) is 11.4. The zero-order valence-corrected chi connectivity index (χ0v) is 20.0. The number of phenolic OH excluding ortho intramolecular Hbond substituents is 2. The van der Waals surface area contributed by atoms with Gasteiger partial charge < -0.3 is 19.7 Å². The molecule has 4 aliphatic rings. The lowest BCUT2D eigenvalue weighted by Gasteiger charge is -2.62. The summed E-state index contributed by atoms with van der Waals surface area (Å²) in [6.45, 7) is 11.2. The molecule has 2 fully saturated rings. The highest BCUT2D eigenvalue weighted by Gasteiger charge is 2.70. The molecule has 6 rings (SSSR count). The fourth-order valence-electron chi connectivity index (χ4n) is 7.09. The van der Waals surface area contributed by atoms with Crippen molar-refractivity contribution in [2.75, 3.05) is 0 Å². The maximum absolute atomic E-state index is 10.8. The van der Waals surface area contributed by atoms with Crippen LogP contribution in [-0.4, -0.2) is 15.8 Å². The molecule has 2 saturated carbocycles. The smallest absolute Gasteiger partial charge is 0.142 e. The third-order valence-corrected chi connectivity index (χ3v) is 8.73. The first-order valence-electron chi connectivity index (χ1n) is 12.0. The largest absolute Gasteiger partial charge is 0.508 e. The minimum atomic E-state index is -0.189. The van der Waals surface area contributed by atoms with Gasteiger partial charge in [0.1, 0.15) is 34.4 Å². The number of phenols is 2. The summed E-state index contributed by atoms with van der Waals surface area (Å²) < 4.78 is 13.3. The van der Waals surface area contributed by atoms with Gasteiger partial charge in [0.15, 0.2) is 0 Å². The van der Waals surface area contributed by atoms with Crippen LogP contribution in [0.1, 0.15) is 64.2 Å². The van der Waals surface area contributed by atoms with Gasteiger partial charge in [0, 0.05) is 35.1 Å². The minimum Gasteiger partial charge on any atom is -0.508 e. The van der Waals surface area contributed by atoms with Crippen molar-refractivity contribution in [1.29, 1.82) is 0 Å². The van der Waals surface area contributed by atoms with Gasteiger partial charge >= 0.3 is 0 Å². The normalized spacial score (nSPS) is 29.9. The van der Waals surface area contributed by atoms with E-state index in [1.807, 2.05) is 6.07 Å².